The predicted octanol–water partition coefficient (Wildman–Crippen LogP) is 2.37. The highest BCUT2D eigenvalue weighted by Crippen LogP contribution is 2.26. The van der Waals surface area contributed by atoms with E-state index in [2.05, 4.69) is 0 Å². The number of methoxy groups -OCH3 is 1. The van der Waals surface area contributed by atoms with Crippen molar-refractivity contribution in [2.24, 2.45) is 5.92 Å². The van der Waals surface area contributed by atoms with Crippen molar-refractivity contribution in [3.63, 3.8) is 0 Å². The summed E-state index contributed by atoms with van der Waals surface area (Å²) < 4.78 is 10.3. The van der Waals surface area contributed by atoms with Gasteiger partial charge >= 0.3 is 0 Å². The molecule has 1 atom stereocenters. The molecule has 0 aromatic carbocycles. The molecule has 1 N–H and O–H groups in total. The molecule has 1 aliphatic carbocycles. The molecular formula is C13H26O3. The maximum Gasteiger partial charge on any atom is 0.0700 e. The minimum absolute atomic E-state index is 0.166. The standard InChI is InChI=1S/C13H26O3/c1-15-10-11-16-9-8-13(14)12-6-4-2-3-5-7-12/h12-14H,2-11H2,1H3. The summed E-state index contributed by atoms with van der Waals surface area (Å²) in [6.07, 6.45) is 8.24. The van der Waals surface area contributed by atoms with Crippen LogP contribution in [-0.4, -0.2) is 38.1 Å². The van der Waals surface area contributed by atoms with Gasteiger partial charge in [-0.3, -0.25) is 0 Å². The maximum absolute atomic E-state index is 10.0. The van der Waals surface area contributed by atoms with Gasteiger partial charge in [0.1, 0.15) is 0 Å². The van der Waals surface area contributed by atoms with Crippen molar-refractivity contribution >= 4 is 0 Å². The van der Waals surface area contributed by atoms with Gasteiger partial charge in [0.25, 0.3) is 0 Å². The van der Waals surface area contributed by atoms with Crippen molar-refractivity contribution in [2.45, 2.75) is 51.0 Å². The average molecular weight is 230 g/mol. The van der Waals surface area contributed by atoms with E-state index in [4.69, 9.17) is 9.47 Å². The molecule has 0 aliphatic heterocycles. The second kappa shape index (κ2) is 8.97. The van der Waals surface area contributed by atoms with E-state index in [0.29, 0.717) is 25.7 Å². The number of rotatable bonds is 7. The Morgan fingerprint density at radius 1 is 1.06 bits per heavy atom. The Balaban J connectivity index is 2.05. The minimum atomic E-state index is -0.166. The van der Waals surface area contributed by atoms with E-state index < -0.39 is 0 Å². The van der Waals surface area contributed by atoms with Crippen LogP contribution in [0.5, 0.6) is 0 Å². The van der Waals surface area contributed by atoms with Crippen molar-refractivity contribution in [2.75, 3.05) is 26.9 Å². The number of ether oxygens (including phenoxy) is 2. The topological polar surface area (TPSA) is 38.7 Å². The van der Waals surface area contributed by atoms with Crippen LogP contribution < -0.4 is 0 Å². The number of hydrogen-bond donors (Lipinski definition) is 1. The molecule has 0 aromatic heterocycles. The molecule has 3 heteroatoms. The van der Waals surface area contributed by atoms with E-state index in [-0.39, 0.29) is 6.10 Å². The molecule has 96 valence electrons. The smallest absolute Gasteiger partial charge is 0.0700 e. The first-order valence-electron chi connectivity index (χ1n) is 6.59. The normalized spacial score (nSPS) is 20.6. The number of aliphatic hydroxyl groups excluding tert-OH is 1. The highest BCUT2D eigenvalue weighted by molar-refractivity contribution is 4.71. The van der Waals surface area contributed by atoms with Gasteiger partial charge in [-0.05, 0) is 25.2 Å². The lowest BCUT2D eigenvalue weighted by Crippen LogP contribution is -2.22. The highest BCUT2D eigenvalue weighted by atomic mass is 16.5. The Labute approximate surface area is 99.1 Å². The fourth-order valence-electron chi connectivity index (χ4n) is 2.38. The van der Waals surface area contributed by atoms with Crippen molar-refractivity contribution in [3.05, 3.63) is 0 Å². The molecule has 16 heavy (non-hydrogen) atoms. The third kappa shape index (κ3) is 5.83. The van der Waals surface area contributed by atoms with Gasteiger partial charge in [-0.2, -0.15) is 0 Å². The van der Waals surface area contributed by atoms with Crippen molar-refractivity contribution < 1.29 is 14.6 Å². The summed E-state index contributed by atoms with van der Waals surface area (Å²) in [7, 11) is 1.67. The van der Waals surface area contributed by atoms with Crippen LogP contribution in [0.4, 0.5) is 0 Å². The summed E-state index contributed by atoms with van der Waals surface area (Å²) in [4.78, 5) is 0. The van der Waals surface area contributed by atoms with Gasteiger partial charge in [-0.1, -0.05) is 25.7 Å². The first-order chi connectivity index (χ1) is 7.84. The van der Waals surface area contributed by atoms with E-state index in [9.17, 15) is 5.11 Å². The highest BCUT2D eigenvalue weighted by Gasteiger charge is 2.20. The molecule has 0 aromatic rings. The molecule has 3 nitrogen and oxygen atoms in total. The molecule has 1 fully saturated rings. The summed E-state index contributed by atoms with van der Waals surface area (Å²) in [6, 6.07) is 0. The largest absolute Gasteiger partial charge is 0.393 e. The van der Waals surface area contributed by atoms with Gasteiger partial charge in [-0.25, -0.2) is 0 Å². The quantitative estimate of drug-likeness (QED) is 0.539. The lowest BCUT2D eigenvalue weighted by atomic mass is 9.92. The van der Waals surface area contributed by atoms with Crippen molar-refractivity contribution in [1.29, 1.82) is 0 Å². The van der Waals surface area contributed by atoms with E-state index in [1.54, 1.807) is 7.11 Å². The summed E-state index contributed by atoms with van der Waals surface area (Å²) in [5, 5.41) is 10.0. The zero-order valence-electron chi connectivity index (χ0n) is 10.5. The van der Waals surface area contributed by atoms with Crippen LogP contribution in [0, 0.1) is 5.92 Å². The molecule has 0 radical (unpaired) electrons. The predicted molar refractivity (Wildman–Crippen MR) is 64.5 cm³/mol. The first kappa shape index (κ1) is 13.9. The van der Waals surface area contributed by atoms with Crippen LogP contribution in [0.25, 0.3) is 0 Å². The molecule has 0 saturated heterocycles. The van der Waals surface area contributed by atoms with Crippen LogP contribution in [0.2, 0.25) is 0 Å². The maximum atomic E-state index is 10.0. The zero-order valence-corrected chi connectivity index (χ0v) is 10.5. The molecule has 1 unspecified atom stereocenters. The van der Waals surface area contributed by atoms with Crippen molar-refractivity contribution in [3.8, 4) is 0 Å². The second-order valence-electron chi connectivity index (χ2n) is 4.71. The monoisotopic (exact) mass is 230 g/mol. The molecule has 1 aliphatic rings. The zero-order chi connectivity index (χ0) is 11.6. The number of aliphatic hydroxyl groups is 1. The lowest BCUT2D eigenvalue weighted by Gasteiger charge is -2.21. The van der Waals surface area contributed by atoms with E-state index in [0.717, 1.165) is 6.42 Å². The van der Waals surface area contributed by atoms with E-state index >= 15 is 0 Å². The molecule has 1 saturated carbocycles. The Hall–Kier alpha value is -0.120. The molecule has 1 rings (SSSR count). The molecular weight excluding hydrogens is 204 g/mol. The summed E-state index contributed by atoms with van der Waals surface area (Å²) in [5.74, 6) is 0.508. The van der Waals surface area contributed by atoms with Crippen LogP contribution in [0.3, 0.4) is 0 Å². The number of hydrogen-bond acceptors (Lipinski definition) is 3. The Morgan fingerprint density at radius 3 is 2.38 bits per heavy atom. The van der Waals surface area contributed by atoms with Crippen LogP contribution >= 0.6 is 0 Å². The summed E-state index contributed by atoms with van der Waals surface area (Å²) in [5.41, 5.74) is 0. The minimum Gasteiger partial charge on any atom is -0.393 e. The molecule has 0 heterocycles. The van der Waals surface area contributed by atoms with Gasteiger partial charge in [0.2, 0.25) is 0 Å². The SMILES string of the molecule is COCCOCCC(O)C1CCCCCC1. The Kier molecular flexibility index (Phi) is 7.81. The Bertz CT molecular complexity index is 153. The average Bonchev–Trinajstić information content (AvgIpc) is 2.57. The fourth-order valence-corrected chi connectivity index (χ4v) is 2.38. The fraction of sp³-hybridized carbons (Fsp3) is 1.00. The van der Waals surface area contributed by atoms with Gasteiger partial charge in [0.05, 0.1) is 19.3 Å². The van der Waals surface area contributed by atoms with Crippen LogP contribution in [0.15, 0.2) is 0 Å². The van der Waals surface area contributed by atoms with E-state index in [1.807, 2.05) is 0 Å². The van der Waals surface area contributed by atoms with Gasteiger partial charge in [0.15, 0.2) is 0 Å². The Morgan fingerprint density at radius 2 is 1.75 bits per heavy atom. The van der Waals surface area contributed by atoms with Gasteiger partial charge in [-0.15, -0.1) is 0 Å². The summed E-state index contributed by atoms with van der Waals surface area (Å²) in [6.45, 7) is 1.93. The third-order valence-corrected chi connectivity index (χ3v) is 3.43. The third-order valence-electron chi connectivity index (χ3n) is 3.43. The molecule has 0 bridgehead atoms. The van der Waals surface area contributed by atoms with Gasteiger partial charge < -0.3 is 14.6 Å². The molecule has 0 amide bonds. The second-order valence-corrected chi connectivity index (χ2v) is 4.71. The molecule has 0 spiro atoms. The lowest BCUT2D eigenvalue weighted by molar-refractivity contribution is 0.0280. The van der Waals surface area contributed by atoms with Crippen LogP contribution in [-0.2, 0) is 9.47 Å². The van der Waals surface area contributed by atoms with Crippen molar-refractivity contribution in [1.82, 2.24) is 0 Å². The van der Waals surface area contributed by atoms with E-state index in [1.165, 1.54) is 38.5 Å². The first-order valence-corrected chi connectivity index (χ1v) is 6.59. The van der Waals surface area contributed by atoms with Crippen LogP contribution in [0.1, 0.15) is 44.9 Å². The van der Waals surface area contributed by atoms with Gasteiger partial charge in [0, 0.05) is 13.7 Å². The summed E-state index contributed by atoms with van der Waals surface area (Å²) >= 11 is 0.